The molecule has 12 heteroatoms. The highest BCUT2D eigenvalue weighted by Gasteiger charge is 2.38. The molecule has 1 amide bonds. The Bertz CT molecular complexity index is 1370. The number of fused-ring (bicyclic) bond motifs is 1. The molecule has 0 aromatic carbocycles. The van der Waals surface area contributed by atoms with Crippen molar-refractivity contribution >= 4 is 40.5 Å². The summed E-state index contributed by atoms with van der Waals surface area (Å²) >= 11 is 0. The lowest BCUT2D eigenvalue weighted by Crippen LogP contribution is -2.46. The number of nitrogens with one attached hydrogen (secondary N) is 3. The molecule has 2 aromatic rings. The second-order valence-corrected chi connectivity index (χ2v) is 9.23. The Hall–Kier alpha value is -4.21. The fraction of sp³-hybridized carbons (Fsp3) is 0.444. The summed E-state index contributed by atoms with van der Waals surface area (Å²) < 4.78 is 17.4. The van der Waals surface area contributed by atoms with Gasteiger partial charge >= 0.3 is 6.09 Å². The van der Waals surface area contributed by atoms with E-state index in [9.17, 15) is 14.9 Å². The molecule has 2 aliphatic rings. The zero-order valence-corrected chi connectivity index (χ0v) is 22.5. The van der Waals surface area contributed by atoms with Gasteiger partial charge in [0, 0.05) is 63.5 Å². The van der Waals surface area contributed by atoms with Crippen molar-refractivity contribution in [2.45, 2.75) is 45.3 Å². The van der Waals surface area contributed by atoms with Gasteiger partial charge in [0.05, 0.1) is 29.5 Å². The van der Waals surface area contributed by atoms with E-state index in [4.69, 9.17) is 24.3 Å². The third-order valence-corrected chi connectivity index (χ3v) is 6.72. The van der Waals surface area contributed by atoms with Crippen LogP contribution >= 0.6 is 0 Å². The molecule has 2 atom stereocenters. The average Bonchev–Trinajstić information content (AvgIpc) is 3.54. The topological polar surface area (TPSA) is 157 Å². The molecule has 12 nitrogen and oxygen atoms in total. The third kappa shape index (κ3) is 5.50. The Labute approximate surface area is 226 Å². The monoisotopic (exact) mass is 535 g/mol. The van der Waals surface area contributed by atoms with Crippen LogP contribution in [0.1, 0.15) is 54.9 Å². The number of ketones is 1. The van der Waals surface area contributed by atoms with Crippen molar-refractivity contribution in [3.8, 4) is 6.07 Å². The maximum Gasteiger partial charge on any atom is 0.414 e. The molecule has 0 bridgehead atoms. The number of furan rings is 1. The standard InChI is InChI=1S/C27H33N7O5/c1-5-20-10-19(7-8-38-20)34(27(36)37-6-2)24-23-21(39-26(24)25(35)17(12-29)13-30-3)9-16(11-28)22(32-23)18-14-31-33(4)15-18/h9,12-13,15,19-20,29-31H,5-8,10,14H2,1-4H3/b17-13+,29-12?/t19-,20-/m0/s1. The van der Waals surface area contributed by atoms with Gasteiger partial charge in [-0.15, -0.1) is 0 Å². The van der Waals surface area contributed by atoms with Gasteiger partial charge in [0.1, 0.15) is 17.3 Å². The fourth-order valence-electron chi connectivity index (χ4n) is 4.85. The van der Waals surface area contributed by atoms with Crippen LogP contribution in [0.2, 0.25) is 0 Å². The Morgan fingerprint density at radius 2 is 2.23 bits per heavy atom. The third-order valence-electron chi connectivity index (χ3n) is 6.72. The molecule has 0 spiro atoms. The molecule has 2 aliphatic heterocycles. The van der Waals surface area contributed by atoms with E-state index < -0.39 is 11.9 Å². The van der Waals surface area contributed by atoms with Crippen molar-refractivity contribution in [2.75, 3.05) is 38.8 Å². The van der Waals surface area contributed by atoms with Crippen molar-refractivity contribution in [1.82, 2.24) is 20.7 Å². The number of hydrogen-bond donors (Lipinski definition) is 3. The largest absolute Gasteiger partial charge is 0.449 e. The maximum absolute atomic E-state index is 13.7. The molecule has 1 saturated heterocycles. The van der Waals surface area contributed by atoms with Crippen LogP contribution in [-0.4, -0.2) is 74.1 Å². The van der Waals surface area contributed by atoms with Crippen molar-refractivity contribution in [1.29, 1.82) is 10.7 Å². The smallest absolute Gasteiger partial charge is 0.414 e. The zero-order chi connectivity index (χ0) is 28.1. The van der Waals surface area contributed by atoms with Crippen LogP contribution in [0.15, 0.2) is 28.5 Å². The quantitative estimate of drug-likeness (QED) is 0.247. The molecule has 0 aliphatic carbocycles. The second-order valence-electron chi connectivity index (χ2n) is 9.23. The Morgan fingerprint density at radius 3 is 2.85 bits per heavy atom. The first-order valence-electron chi connectivity index (χ1n) is 12.9. The van der Waals surface area contributed by atoms with Crippen LogP contribution in [0, 0.1) is 16.7 Å². The minimum absolute atomic E-state index is 0.0186. The number of nitriles is 1. The summed E-state index contributed by atoms with van der Waals surface area (Å²) in [6.45, 7) is 4.74. The molecule has 1 fully saturated rings. The van der Waals surface area contributed by atoms with E-state index in [0.717, 1.165) is 18.2 Å². The molecule has 206 valence electrons. The Balaban J connectivity index is 2.01. The van der Waals surface area contributed by atoms with Gasteiger partial charge in [-0.1, -0.05) is 6.92 Å². The molecule has 4 heterocycles. The highest BCUT2D eigenvalue weighted by atomic mass is 16.6. The molecule has 4 rings (SSSR count). The van der Waals surface area contributed by atoms with E-state index in [1.165, 1.54) is 17.2 Å². The normalized spacial score (nSPS) is 19.4. The number of aromatic nitrogens is 1. The number of rotatable bonds is 9. The number of ether oxygens (including phenoxy) is 2. The number of carbonyl (C=O) groups excluding carboxylic acids is 2. The van der Waals surface area contributed by atoms with Gasteiger partial charge in [0.25, 0.3) is 0 Å². The first-order chi connectivity index (χ1) is 18.9. The first kappa shape index (κ1) is 27.8. The van der Waals surface area contributed by atoms with Crippen LogP contribution in [0.4, 0.5) is 10.5 Å². The van der Waals surface area contributed by atoms with E-state index in [2.05, 4.69) is 16.8 Å². The predicted octanol–water partition coefficient (Wildman–Crippen LogP) is 3.35. The summed E-state index contributed by atoms with van der Waals surface area (Å²) in [5, 5.41) is 22.2. The first-order valence-corrected chi connectivity index (χ1v) is 12.9. The molecular formula is C27H33N7O5. The van der Waals surface area contributed by atoms with Gasteiger partial charge in [0.15, 0.2) is 5.58 Å². The predicted molar refractivity (Wildman–Crippen MR) is 145 cm³/mol. The average molecular weight is 536 g/mol. The summed E-state index contributed by atoms with van der Waals surface area (Å²) in [7, 11) is 3.45. The lowest BCUT2D eigenvalue weighted by atomic mass is 9.98. The molecule has 0 radical (unpaired) electrons. The highest BCUT2D eigenvalue weighted by molar-refractivity contribution is 6.24. The number of hydrazine groups is 1. The summed E-state index contributed by atoms with van der Waals surface area (Å²) in [5.74, 6) is -0.769. The number of hydrogen-bond acceptors (Lipinski definition) is 11. The number of pyridine rings is 1. The van der Waals surface area contributed by atoms with Gasteiger partial charge < -0.3 is 29.6 Å². The van der Waals surface area contributed by atoms with Gasteiger partial charge in [-0.2, -0.15) is 5.26 Å². The van der Waals surface area contributed by atoms with Crippen LogP contribution in [0.5, 0.6) is 0 Å². The van der Waals surface area contributed by atoms with Crippen LogP contribution in [0.25, 0.3) is 16.7 Å². The molecule has 0 saturated carbocycles. The number of anilines is 1. The maximum atomic E-state index is 13.7. The Morgan fingerprint density at radius 1 is 1.44 bits per heavy atom. The van der Waals surface area contributed by atoms with E-state index in [1.54, 1.807) is 19.0 Å². The van der Waals surface area contributed by atoms with Gasteiger partial charge in [0.2, 0.25) is 11.5 Å². The number of carbonyl (C=O) groups is 2. The summed E-state index contributed by atoms with van der Waals surface area (Å²) in [6.07, 6.45) is 5.22. The summed E-state index contributed by atoms with van der Waals surface area (Å²) in [6, 6.07) is 3.34. The lowest BCUT2D eigenvalue weighted by Gasteiger charge is -2.36. The summed E-state index contributed by atoms with van der Waals surface area (Å²) in [5.41, 5.74) is 5.20. The van der Waals surface area contributed by atoms with Crippen LogP contribution in [0.3, 0.4) is 0 Å². The van der Waals surface area contributed by atoms with E-state index in [0.29, 0.717) is 31.7 Å². The SMILES string of the molecule is CCOC(=O)N(c1c(C(=O)/C(C=N)=C/NC)oc2cc(C#N)c(C3=CN(C)NC3)nc12)[C@H]1CCO[C@@H](CC)C1. The fourth-order valence-corrected chi connectivity index (χ4v) is 4.85. The van der Waals surface area contributed by atoms with Crippen LogP contribution in [-0.2, 0) is 9.47 Å². The van der Waals surface area contributed by atoms with Crippen molar-refractivity contribution in [3.05, 3.63) is 41.1 Å². The van der Waals surface area contributed by atoms with Crippen molar-refractivity contribution in [3.63, 3.8) is 0 Å². The lowest BCUT2D eigenvalue weighted by molar-refractivity contribution is 0.00467. The van der Waals surface area contributed by atoms with Gasteiger partial charge in [-0.3, -0.25) is 9.69 Å². The number of allylic oxidation sites excluding steroid dienone is 1. The van der Waals surface area contributed by atoms with Crippen molar-refractivity contribution < 1.29 is 23.5 Å². The van der Waals surface area contributed by atoms with Crippen LogP contribution < -0.4 is 15.6 Å². The number of nitrogens with zero attached hydrogens (tertiary/aromatic N) is 4. The van der Waals surface area contributed by atoms with E-state index >= 15 is 0 Å². The number of Topliss-reactive ketones (excluding diaryl/α,β-unsaturated/α-hetero) is 1. The molecule has 0 unspecified atom stereocenters. The van der Waals surface area contributed by atoms with Gasteiger partial charge in [-0.25, -0.2) is 15.2 Å². The zero-order valence-electron chi connectivity index (χ0n) is 22.5. The molecule has 3 N–H and O–H groups in total. The molecule has 2 aromatic heterocycles. The molecular weight excluding hydrogens is 502 g/mol. The molecule has 39 heavy (non-hydrogen) atoms. The Kier molecular flexibility index (Phi) is 8.63. The van der Waals surface area contributed by atoms with Gasteiger partial charge in [-0.05, 0) is 26.2 Å². The number of amides is 1. The highest BCUT2D eigenvalue weighted by Crippen LogP contribution is 2.39. The summed E-state index contributed by atoms with van der Waals surface area (Å²) in [4.78, 5) is 33.5. The minimum atomic E-state index is -0.640. The van der Waals surface area contributed by atoms with E-state index in [1.807, 2.05) is 20.2 Å². The van der Waals surface area contributed by atoms with E-state index in [-0.39, 0.29) is 52.4 Å². The minimum Gasteiger partial charge on any atom is -0.449 e. The van der Waals surface area contributed by atoms with Crippen molar-refractivity contribution in [2.24, 2.45) is 0 Å². The second kappa shape index (κ2) is 12.1.